The summed E-state index contributed by atoms with van der Waals surface area (Å²) in [6, 6.07) is 11.0. The van der Waals surface area contributed by atoms with E-state index in [1.54, 1.807) is 0 Å². The first kappa shape index (κ1) is 16.0. The molecule has 0 saturated carbocycles. The van der Waals surface area contributed by atoms with Crippen molar-refractivity contribution in [2.45, 2.75) is 44.8 Å². The zero-order valence-electron chi connectivity index (χ0n) is 13.1. The summed E-state index contributed by atoms with van der Waals surface area (Å²) >= 11 is 0. The van der Waals surface area contributed by atoms with Crippen molar-refractivity contribution in [3.8, 4) is 0 Å². The Morgan fingerprint density at radius 1 is 1.43 bits per heavy atom. The molecule has 4 heteroatoms. The van der Waals surface area contributed by atoms with E-state index >= 15 is 0 Å². The quantitative estimate of drug-likeness (QED) is 0.804. The van der Waals surface area contributed by atoms with Gasteiger partial charge < -0.3 is 15.5 Å². The topological polar surface area (TPSA) is 44.4 Å². The van der Waals surface area contributed by atoms with Crippen molar-refractivity contribution >= 4 is 5.91 Å². The molecule has 2 atom stereocenters. The number of nitrogens with zero attached hydrogens (tertiary/aromatic N) is 1. The second kappa shape index (κ2) is 8.15. The molecule has 1 fully saturated rings. The van der Waals surface area contributed by atoms with Crippen LogP contribution in [0.15, 0.2) is 30.3 Å². The van der Waals surface area contributed by atoms with E-state index in [9.17, 15) is 4.79 Å². The maximum Gasteiger partial charge on any atom is 0.221 e. The maximum absolute atomic E-state index is 12.0. The van der Waals surface area contributed by atoms with Crippen LogP contribution in [-0.2, 0) is 11.3 Å². The summed E-state index contributed by atoms with van der Waals surface area (Å²) in [6.45, 7) is 4.89. The van der Waals surface area contributed by atoms with Gasteiger partial charge in [-0.2, -0.15) is 0 Å². The van der Waals surface area contributed by atoms with Gasteiger partial charge in [0, 0.05) is 31.6 Å². The summed E-state index contributed by atoms with van der Waals surface area (Å²) in [6.07, 6.45) is 2.91. The molecule has 1 aromatic rings. The van der Waals surface area contributed by atoms with E-state index in [-0.39, 0.29) is 11.9 Å². The monoisotopic (exact) mass is 289 g/mol. The number of likely N-dealkylation sites (N-methyl/N-ethyl adjacent to an activating group) is 1. The number of carbonyl (C=O) groups is 1. The molecule has 1 aliphatic heterocycles. The summed E-state index contributed by atoms with van der Waals surface area (Å²) < 4.78 is 0. The lowest BCUT2D eigenvalue weighted by Crippen LogP contribution is -2.42. The molecule has 1 heterocycles. The molecule has 1 aliphatic rings. The van der Waals surface area contributed by atoms with Crippen LogP contribution in [0.5, 0.6) is 0 Å². The van der Waals surface area contributed by atoms with E-state index in [0.29, 0.717) is 12.5 Å². The number of hydrogen-bond donors (Lipinski definition) is 2. The van der Waals surface area contributed by atoms with Gasteiger partial charge in [-0.15, -0.1) is 0 Å². The molecule has 4 nitrogen and oxygen atoms in total. The highest BCUT2D eigenvalue weighted by atomic mass is 16.1. The first-order valence-electron chi connectivity index (χ1n) is 7.88. The van der Waals surface area contributed by atoms with E-state index < -0.39 is 0 Å². The minimum absolute atomic E-state index is 0.162. The van der Waals surface area contributed by atoms with E-state index in [1.165, 1.54) is 12.0 Å². The summed E-state index contributed by atoms with van der Waals surface area (Å²) in [5, 5.41) is 6.47. The third-order valence-electron chi connectivity index (χ3n) is 3.88. The minimum atomic E-state index is 0.162. The van der Waals surface area contributed by atoms with Crippen LogP contribution in [0, 0.1) is 0 Å². The number of rotatable bonds is 7. The van der Waals surface area contributed by atoms with Gasteiger partial charge in [0.15, 0.2) is 0 Å². The highest BCUT2D eigenvalue weighted by Gasteiger charge is 2.18. The number of nitrogens with one attached hydrogen (secondary N) is 2. The van der Waals surface area contributed by atoms with Crippen molar-refractivity contribution in [1.82, 2.24) is 15.5 Å². The van der Waals surface area contributed by atoms with Gasteiger partial charge in [0.25, 0.3) is 0 Å². The molecule has 1 aromatic carbocycles. The van der Waals surface area contributed by atoms with Crippen molar-refractivity contribution in [2.24, 2.45) is 0 Å². The molecule has 0 spiro atoms. The lowest BCUT2D eigenvalue weighted by molar-refractivity contribution is -0.122. The third-order valence-corrected chi connectivity index (χ3v) is 3.88. The Morgan fingerprint density at radius 3 is 2.86 bits per heavy atom. The molecule has 2 rings (SSSR count). The van der Waals surface area contributed by atoms with Crippen LogP contribution >= 0.6 is 0 Å². The predicted molar refractivity (Wildman–Crippen MR) is 86.0 cm³/mol. The van der Waals surface area contributed by atoms with Gasteiger partial charge in [-0.25, -0.2) is 0 Å². The molecule has 0 radical (unpaired) electrons. The van der Waals surface area contributed by atoms with Gasteiger partial charge in [0.1, 0.15) is 0 Å². The van der Waals surface area contributed by atoms with Crippen LogP contribution in [0.25, 0.3) is 0 Å². The Balaban J connectivity index is 1.68. The predicted octanol–water partition coefficient (Wildman–Crippen LogP) is 1.77. The summed E-state index contributed by atoms with van der Waals surface area (Å²) in [7, 11) is 2.09. The Kier molecular flexibility index (Phi) is 6.21. The molecule has 0 aliphatic carbocycles. The number of hydrogen-bond acceptors (Lipinski definition) is 3. The second-order valence-corrected chi connectivity index (χ2v) is 6.15. The highest BCUT2D eigenvalue weighted by molar-refractivity contribution is 5.76. The average Bonchev–Trinajstić information content (AvgIpc) is 2.91. The van der Waals surface area contributed by atoms with Crippen LogP contribution in [0.1, 0.15) is 31.7 Å². The fourth-order valence-corrected chi connectivity index (χ4v) is 2.96. The smallest absolute Gasteiger partial charge is 0.221 e. The van der Waals surface area contributed by atoms with Crippen LogP contribution in [-0.4, -0.2) is 43.0 Å². The fourth-order valence-electron chi connectivity index (χ4n) is 2.96. The molecular weight excluding hydrogens is 262 g/mol. The summed E-state index contributed by atoms with van der Waals surface area (Å²) in [5.41, 5.74) is 1.30. The standard InChI is InChI=1S/C17H27N3O/c1-14(19-17(21)11-16-9-6-10-18-16)12-20(2)13-15-7-4-3-5-8-15/h3-5,7-8,14,16,18H,6,9-13H2,1-2H3,(H,19,21). The first-order valence-corrected chi connectivity index (χ1v) is 7.88. The zero-order chi connectivity index (χ0) is 15.1. The average molecular weight is 289 g/mol. The van der Waals surface area contributed by atoms with Gasteiger partial charge in [0.05, 0.1) is 0 Å². The molecule has 2 unspecified atom stereocenters. The summed E-state index contributed by atoms with van der Waals surface area (Å²) in [4.78, 5) is 14.2. The summed E-state index contributed by atoms with van der Waals surface area (Å²) in [5.74, 6) is 0.162. The second-order valence-electron chi connectivity index (χ2n) is 6.15. The Bertz CT molecular complexity index is 429. The SMILES string of the molecule is CC(CN(C)Cc1ccccc1)NC(=O)CC1CCCN1. The van der Waals surface area contributed by atoms with Crippen molar-refractivity contribution in [1.29, 1.82) is 0 Å². The number of carbonyl (C=O) groups excluding carboxylic acids is 1. The number of benzene rings is 1. The lowest BCUT2D eigenvalue weighted by Gasteiger charge is -2.23. The largest absolute Gasteiger partial charge is 0.352 e. The molecule has 0 aromatic heterocycles. The van der Waals surface area contributed by atoms with Gasteiger partial charge in [0.2, 0.25) is 5.91 Å². The maximum atomic E-state index is 12.0. The number of amides is 1. The van der Waals surface area contributed by atoms with Crippen LogP contribution in [0.4, 0.5) is 0 Å². The van der Waals surface area contributed by atoms with Crippen molar-refractivity contribution < 1.29 is 4.79 Å². The molecule has 1 saturated heterocycles. The van der Waals surface area contributed by atoms with Crippen LogP contribution < -0.4 is 10.6 Å². The van der Waals surface area contributed by atoms with Gasteiger partial charge in [-0.05, 0) is 38.9 Å². The molecule has 21 heavy (non-hydrogen) atoms. The Labute approximate surface area is 127 Å². The van der Waals surface area contributed by atoms with Crippen molar-refractivity contribution in [3.63, 3.8) is 0 Å². The third kappa shape index (κ3) is 5.86. The Hall–Kier alpha value is -1.39. The van der Waals surface area contributed by atoms with Gasteiger partial charge in [-0.3, -0.25) is 4.79 Å². The minimum Gasteiger partial charge on any atom is -0.352 e. The Morgan fingerprint density at radius 2 is 2.19 bits per heavy atom. The molecular formula is C17H27N3O. The lowest BCUT2D eigenvalue weighted by atomic mass is 10.1. The normalized spacial score (nSPS) is 19.7. The van der Waals surface area contributed by atoms with E-state index in [1.807, 2.05) is 6.07 Å². The van der Waals surface area contributed by atoms with Crippen LogP contribution in [0.2, 0.25) is 0 Å². The first-order chi connectivity index (χ1) is 10.1. The van der Waals surface area contributed by atoms with Gasteiger partial charge in [-0.1, -0.05) is 30.3 Å². The molecule has 2 N–H and O–H groups in total. The van der Waals surface area contributed by atoms with Gasteiger partial charge >= 0.3 is 0 Å². The van der Waals surface area contributed by atoms with Crippen molar-refractivity contribution in [3.05, 3.63) is 35.9 Å². The van der Waals surface area contributed by atoms with E-state index in [4.69, 9.17) is 0 Å². The van der Waals surface area contributed by atoms with E-state index in [0.717, 1.165) is 26.1 Å². The van der Waals surface area contributed by atoms with E-state index in [2.05, 4.69) is 53.8 Å². The van der Waals surface area contributed by atoms with Crippen LogP contribution in [0.3, 0.4) is 0 Å². The van der Waals surface area contributed by atoms with Crippen molar-refractivity contribution in [2.75, 3.05) is 20.1 Å². The molecule has 1 amide bonds. The zero-order valence-corrected chi connectivity index (χ0v) is 13.1. The highest BCUT2D eigenvalue weighted by Crippen LogP contribution is 2.08. The fraction of sp³-hybridized carbons (Fsp3) is 0.588. The molecule has 0 bridgehead atoms. The molecule has 116 valence electrons.